The van der Waals surface area contributed by atoms with Crippen LogP contribution in [0.3, 0.4) is 0 Å². The van der Waals surface area contributed by atoms with E-state index in [4.69, 9.17) is 0 Å². The van der Waals surface area contributed by atoms with E-state index in [1.54, 1.807) is 37.3 Å². The van der Waals surface area contributed by atoms with Crippen LogP contribution in [0.4, 0.5) is 11.4 Å². The lowest BCUT2D eigenvalue weighted by Gasteiger charge is -2.20. The number of aryl methyl sites for hydroxylation is 3. The van der Waals surface area contributed by atoms with E-state index in [1.165, 1.54) is 9.87 Å². The molecular formula is C20H24N2O4S2. The Morgan fingerprint density at radius 3 is 2.43 bits per heavy atom. The van der Waals surface area contributed by atoms with Crippen LogP contribution in [0.5, 0.6) is 0 Å². The van der Waals surface area contributed by atoms with Crippen LogP contribution in [0.15, 0.2) is 41.3 Å². The molecule has 1 aliphatic heterocycles. The fourth-order valence-electron chi connectivity index (χ4n) is 3.89. The van der Waals surface area contributed by atoms with Crippen molar-refractivity contribution in [2.45, 2.75) is 43.9 Å². The molecule has 1 fully saturated rings. The fraction of sp³-hybridized carbons (Fsp3) is 0.400. The van der Waals surface area contributed by atoms with Crippen LogP contribution >= 0.6 is 0 Å². The standard InChI is InChI=1S/C20H24N2O4S2/c1-15-7-9-18(22-11-4-12-27(22,23)24)14-20(15)21-28(25,26)19-10-8-16-5-2-3-6-17(16)13-19/h7-10,13-14,21H,2-6,11-12H2,1H3. The highest BCUT2D eigenvalue weighted by atomic mass is 32.2. The first-order chi connectivity index (χ1) is 13.3. The third-order valence-electron chi connectivity index (χ3n) is 5.48. The summed E-state index contributed by atoms with van der Waals surface area (Å²) in [6.45, 7) is 2.22. The third kappa shape index (κ3) is 3.63. The van der Waals surface area contributed by atoms with Gasteiger partial charge in [-0.25, -0.2) is 16.8 Å². The van der Waals surface area contributed by atoms with Crippen LogP contribution in [-0.4, -0.2) is 29.1 Å². The molecule has 1 heterocycles. The number of sulfonamides is 2. The van der Waals surface area contributed by atoms with Crippen molar-refractivity contribution in [1.82, 2.24) is 0 Å². The number of hydrogen-bond acceptors (Lipinski definition) is 4. The topological polar surface area (TPSA) is 83.6 Å². The van der Waals surface area contributed by atoms with Gasteiger partial charge < -0.3 is 0 Å². The van der Waals surface area contributed by atoms with Crippen molar-refractivity contribution in [3.05, 3.63) is 53.1 Å². The Balaban J connectivity index is 1.65. The highest BCUT2D eigenvalue weighted by Gasteiger charge is 2.29. The lowest BCUT2D eigenvalue weighted by molar-refractivity contribution is 0.598. The van der Waals surface area contributed by atoms with E-state index in [9.17, 15) is 16.8 Å². The maximum atomic E-state index is 13.0. The predicted molar refractivity (Wildman–Crippen MR) is 111 cm³/mol. The number of hydrogen-bond donors (Lipinski definition) is 1. The Bertz CT molecular complexity index is 1120. The first kappa shape index (κ1) is 19.3. The van der Waals surface area contributed by atoms with Gasteiger partial charge >= 0.3 is 0 Å². The van der Waals surface area contributed by atoms with Gasteiger partial charge in [0.05, 0.1) is 22.0 Å². The maximum Gasteiger partial charge on any atom is 0.261 e. The minimum Gasteiger partial charge on any atom is -0.279 e. The van der Waals surface area contributed by atoms with Gasteiger partial charge in [-0.1, -0.05) is 12.1 Å². The van der Waals surface area contributed by atoms with E-state index >= 15 is 0 Å². The largest absolute Gasteiger partial charge is 0.279 e. The van der Waals surface area contributed by atoms with Gasteiger partial charge in [0.1, 0.15) is 0 Å². The van der Waals surface area contributed by atoms with E-state index < -0.39 is 20.0 Å². The summed E-state index contributed by atoms with van der Waals surface area (Å²) in [4.78, 5) is 0.242. The Kier molecular flexibility index (Phi) is 4.87. The zero-order valence-corrected chi connectivity index (χ0v) is 17.4. The monoisotopic (exact) mass is 420 g/mol. The molecule has 4 rings (SSSR count). The maximum absolute atomic E-state index is 13.0. The summed E-state index contributed by atoms with van der Waals surface area (Å²) in [5.41, 5.74) is 3.95. The van der Waals surface area contributed by atoms with Gasteiger partial charge in [-0.15, -0.1) is 0 Å². The van der Waals surface area contributed by atoms with E-state index in [1.807, 2.05) is 6.07 Å². The van der Waals surface area contributed by atoms with Crippen LogP contribution in [0.25, 0.3) is 0 Å². The molecule has 0 bridgehead atoms. The third-order valence-corrected chi connectivity index (χ3v) is 8.72. The fourth-order valence-corrected chi connectivity index (χ4v) is 6.61. The molecule has 0 radical (unpaired) electrons. The van der Waals surface area contributed by atoms with Crippen molar-refractivity contribution in [1.29, 1.82) is 0 Å². The smallest absolute Gasteiger partial charge is 0.261 e. The van der Waals surface area contributed by atoms with Crippen molar-refractivity contribution >= 4 is 31.4 Å². The van der Waals surface area contributed by atoms with Crippen molar-refractivity contribution < 1.29 is 16.8 Å². The molecule has 2 aromatic rings. The van der Waals surface area contributed by atoms with Crippen molar-refractivity contribution in [3.8, 4) is 0 Å². The van der Waals surface area contributed by atoms with E-state index in [2.05, 4.69) is 4.72 Å². The molecule has 8 heteroatoms. The molecule has 6 nitrogen and oxygen atoms in total. The van der Waals surface area contributed by atoms with Crippen LogP contribution < -0.4 is 9.03 Å². The van der Waals surface area contributed by atoms with Crippen LogP contribution in [-0.2, 0) is 32.9 Å². The van der Waals surface area contributed by atoms with Crippen LogP contribution in [0.1, 0.15) is 36.0 Å². The summed E-state index contributed by atoms with van der Waals surface area (Å²) in [5, 5.41) is 0. The SMILES string of the molecule is Cc1ccc(N2CCCS2(=O)=O)cc1NS(=O)(=O)c1ccc2c(c1)CCCC2. The molecule has 0 unspecified atom stereocenters. The molecule has 0 aromatic heterocycles. The highest BCUT2D eigenvalue weighted by Crippen LogP contribution is 2.30. The van der Waals surface area contributed by atoms with E-state index in [-0.39, 0.29) is 10.6 Å². The number of nitrogens with zero attached hydrogens (tertiary/aromatic N) is 1. The van der Waals surface area contributed by atoms with Crippen molar-refractivity contribution in [2.24, 2.45) is 0 Å². The lowest BCUT2D eigenvalue weighted by atomic mass is 9.92. The number of fused-ring (bicyclic) bond motifs is 1. The lowest BCUT2D eigenvalue weighted by Crippen LogP contribution is -2.25. The first-order valence-corrected chi connectivity index (χ1v) is 12.6. The van der Waals surface area contributed by atoms with Crippen molar-refractivity contribution in [3.63, 3.8) is 0 Å². The van der Waals surface area contributed by atoms with Gasteiger partial charge in [0, 0.05) is 6.54 Å². The molecule has 0 atom stereocenters. The molecule has 1 saturated heterocycles. The summed E-state index contributed by atoms with van der Waals surface area (Å²) in [6.07, 6.45) is 4.69. The van der Waals surface area contributed by atoms with Gasteiger partial charge in [0.15, 0.2) is 0 Å². The first-order valence-electron chi connectivity index (χ1n) is 9.52. The molecule has 0 saturated carbocycles. The summed E-state index contributed by atoms with van der Waals surface area (Å²) in [5.74, 6) is 0.122. The molecule has 0 spiro atoms. The zero-order valence-electron chi connectivity index (χ0n) is 15.8. The minimum atomic E-state index is -3.76. The Morgan fingerprint density at radius 2 is 1.71 bits per heavy atom. The second-order valence-electron chi connectivity index (χ2n) is 7.48. The molecule has 0 amide bonds. The molecule has 1 aliphatic carbocycles. The average Bonchev–Trinajstić information content (AvgIpc) is 3.02. The summed E-state index contributed by atoms with van der Waals surface area (Å²) in [7, 11) is -7.08. The van der Waals surface area contributed by atoms with Gasteiger partial charge in [0.25, 0.3) is 10.0 Å². The molecule has 1 N–H and O–H groups in total. The molecular weight excluding hydrogens is 396 g/mol. The Labute approximate surface area is 166 Å². The van der Waals surface area contributed by atoms with E-state index in [0.717, 1.165) is 36.8 Å². The highest BCUT2D eigenvalue weighted by molar-refractivity contribution is 7.93. The predicted octanol–water partition coefficient (Wildman–Crippen LogP) is 3.21. The number of benzene rings is 2. The Morgan fingerprint density at radius 1 is 0.964 bits per heavy atom. The average molecular weight is 421 g/mol. The second-order valence-corrected chi connectivity index (χ2v) is 11.2. The molecule has 2 aliphatic rings. The second kappa shape index (κ2) is 7.08. The molecule has 2 aromatic carbocycles. The Hall–Kier alpha value is -2.06. The molecule has 150 valence electrons. The minimum absolute atomic E-state index is 0.122. The summed E-state index contributed by atoms with van der Waals surface area (Å²) < 4.78 is 54.3. The van der Waals surface area contributed by atoms with E-state index in [0.29, 0.717) is 24.3 Å². The number of anilines is 2. The quantitative estimate of drug-likeness (QED) is 0.823. The van der Waals surface area contributed by atoms with Crippen LogP contribution in [0.2, 0.25) is 0 Å². The summed E-state index contributed by atoms with van der Waals surface area (Å²) in [6, 6.07) is 10.4. The van der Waals surface area contributed by atoms with Gasteiger partial charge in [-0.3, -0.25) is 9.03 Å². The van der Waals surface area contributed by atoms with Gasteiger partial charge in [-0.2, -0.15) is 0 Å². The van der Waals surface area contributed by atoms with Gasteiger partial charge in [0.2, 0.25) is 10.0 Å². The van der Waals surface area contributed by atoms with Crippen molar-refractivity contribution in [2.75, 3.05) is 21.3 Å². The van der Waals surface area contributed by atoms with Crippen LogP contribution in [0, 0.1) is 6.92 Å². The zero-order chi connectivity index (χ0) is 19.9. The van der Waals surface area contributed by atoms with Gasteiger partial charge in [-0.05, 0) is 80.0 Å². The number of rotatable bonds is 4. The normalized spacial score (nSPS) is 18.7. The summed E-state index contributed by atoms with van der Waals surface area (Å²) >= 11 is 0. The number of nitrogens with one attached hydrogen (secondary N) is 1. The molecule has 28 heavy (non-hydrogen) atoms.